The van der Waals surface area contributed by atoms with Gasteiger partial charge in [-0.15, -0.1) is 0 Å². The molecule has 18 heavy (non-hydrogen) atoms. The zero-order valence-corrected chi connectivity index (χ0v) is 11.5. The minimum Gasteiger partial charge on any atom is -0.361 e. The maximum absolute atomic E-state index is 11.5. The van der Waals surface area contributed by atoms with Crippen LogP contribution < -0.4 is 0 Å². The van der Waals surface area contributed by atoms with E-state index in [9.17, 15) is 4.79 Å². The molecule has 98 valence electrons. The summed E-state index contributed by atoms with van der Waals surface area (Å²) in [4.78, 5) is 11.5. The summed E-state index contributed by atoms with van der Waals surface area (Å²) >= 11 is 0. The van der Waals surface area contributed by atoms with Crippen LogP contribution >= 0.6 is 0 Å². The molecule has 1 heterocycles. The molecule has 1 aromatic heterocycles. The van der Waals surface area contributed by atoms with E-state index in [2.05, 4.69) is 25.9 Å². The quantitative estimate of drug-likeness (QED) is 0.818. The summed E-state index contributed by atoms with van der Waals surface area (Å²) in [5.74, 6) is 1.23. The van der Waals surface area contributed by atoms with E-state index in [4.69, 9.17) is 4.52 Å². The summed E-state index contributed by atoms with van der Waals surface area (Å²) in [7, 11) is 0. The number of aryl methyl sites for hydroxylation is 1. The monoisotopic (exact) mass is 247 g/mol. The predicted octanol–water partition coefficient (Wildman–Crippen LogP) is 3.49. The number of hydrogen-bond acceptors (Lipinski definition) is 3. The molecule has 0 radical (unpaired) electrons. The van der Waals surface area contributed by atoms with Crippen molar-refractivity contribution in [3.63, 3.8) is 0 Å². The van der Waals surface area contributed by atoms with Crippen molar-refractivity contribution in [2.24, 2.45) is 5.41 Å². The Morgan fingerprint density at radius 3 is 2.83 bits per heavy atom. The van der Waals surface area contributed by atoms with Crippen molar-refractivity contribution in [2.75, 3.05) is 0 Å². The lowest BCUT2D eigenvalue weighted by Gasteiger charge is -2.30. The molecule has 0 aliphatic heterocycles. The van der Waals surface area contributed by atoms with E-state index in [-0.39, 0.29) is 11.2 Å². The first-order valence-electron chi connectivity index (χ1n) is 6.69. The van der Waals surface area contributed by atoms with E-state index < -0.39 is 0 Å². The van der Waals surface area contributed by atoms with Crippen LogP contribution in [0.2, 0.25) is 0 Å². The van der Waals surface area contributed by atoms with E-state index in [1.54, 1.807) is 0 Å². The second-order valence-corrected chi connectivity index (χ2v) is 5.68. The number of allylic oxidation sites excluding steroid dienone is 2. The lowest BCUT2D eigenvalue weighted by molar-refractivity contribution is -0.115. The molecule has 3 nitrogen and oxygen atoms in total. The molecule has 0 saturated carbocycles. The molecule has 0 N–H and O–H groups in total. The van der Waals surface area contributed by atoms with Gasteiger partial charge in [0.15, 0.2) is 5.78 Å². The SMILES string of the molecule is CCc1oncc1CC(C)(C)C1=CC(=O)CCC1. The Kier molecular flexibility index (Phi) is 3.69. The molecule has 0 bridgehead atoms. The summed E-state index contributed by atoms with van der Waals surface area (Å²) in [5.41, 5.74) is 2.44. The zero-order chi connectivity index (χ0) is 13.2. The van der Waals surface area contributed by atoms with E-state index in [0.717, 1.165) is 31.4 Å². The van der Waals surface area contributed by atoms with Gasteiger partial charge < -0.3 is 4.52 Å². The standard InChI is InChI=1S/C15H21NO2/c1-4-14-11(10-16-18-14)9-15(2,3)12-6-5-7-13(17)8-12/h8,10H,4-7,9H2,1-3H3. The normalized spacial score (nSPS) is 16.8. The number of ketones is 1. The Morgan fingerprint density at radius 1 is 1.39 bits per heavy atom. The minimum atomic E-state index is 0.00551. The first-order valence-corrected chi connectivity index (χ1v) is 6.69. The second kappa shape index (κ2) is 5.09. The first-order chi connectivity index (χ1) is 8.53. The van der Waals surface area contributed by atoms with Crippen LogP contribution in [0.1, 0.15) is 51.4 Å². The van der Waals surface area contributed by atoms with E-state index in [1.165, 1.54) is 11.1 Å². The van der Waals surface area contributed by atoms with Gasteiger partial charge in [-0.2, -0.15) is 0 Å². The van der Waals surface area contributed by atoms with Crippen LogP contribution in [0.15, 0.2) is 22.4 Å². The van der Waals surface area contributed by atoms with Gasteiger partial charge in [0.25, 0.3) is 0 Å². The van der Waals surface area contributed by atoms with Gasteiger partial charge in [-0.3, -0.25) is 4.79 Å². The molecular formula is C15H21NO2. The molecule has 0 unspecified atom stereocenters. The number of rotatable bonds is 4. The van der Waals surface area contributed by atoms with Gasteiger partial charge in [0.05, 0.1) is 6.20 Å². The lowest BCUT2D eigenvalue weighted by atomic mass is 9.74. The summed E-state index contributed by atoms with van der Waals surface area (Å²) in [6.07, 6.45) is 8.13. The fourth-order valence-corrected chi connectivity index (χ4v) is 2.64. The van der Waals surface area contributed by atoms with Gasteiger partial charge in [0, 0.05) is 18.4 Å². The van der Waals surface area contributed by atoms with Gasteiger partial charge in [-0.25, -0.2) is 0 Å². The molecule has 1 aromatic rings. The Hall–Kier alpha value is -1.38. The fraction of sp³-hybridized carbons (Fsp3) is 0.600. The van der Waals surface area contributed by atoms with E-state index >= 15 is 0 Å². The smallest absolute Gasteiger partial charge is 0.155 e. The maximum atomic E-state index is 11.5. The van der Waals surface area contributed by atoms with Crippen molar-refractivity contribution < 1.29 is 9.32 Å². The largest absolute Gasteiger partial charge is 0.361 e. The average Bonchev–Trinajstić information content (AvgIpc) is 2.75. The van der Waals surface area contributed by atoms with Crippen molar-refractivity contribution in [3.05, 3.63) is 29.2 Å². The summed E-state index contributed by atoms with van der Waals surface area (Å²) in [6, 6.07) is 0. The van der Waals surface area contributed by atoms with Gasteiger partial charge in [0.2, 0.25) is 0 Å². The van der Waals surface area contributed by atoms with Crippen LogP contribution in [0, 0.1) is 5.41 Å². The van der Waals surface area contributed by atoms with Crippen LogP contribution in [0.25, 0.3) is 0 Å². The third kappa shape index (κ3) is 2.71. The Morgan fingerprint density at radius 2 is 2.17 bits per heavy atom. The predicted molar refractivity (Wildman–Crippen MR) is 70.3 cm³/mol. The van der Waals surface area contributed by atoms with Gasteiger partial charge >= 0.3 is 0 Å². The van der Waals surface area contributed by atoms with Crippen molar-refractivity contribution in [2.45, 2.75) is 52.9 Å². The van der Waals surface area contributed by atoms with Gasteiger partial charge in [0.1, 0.15) is 5.76 Å². The Labute approximate surface area is 108 Å². The van der Waals surface area contributed by atoms with Gasteiger partial charge in [-0.05, 0) is 30.8 Å². The molecule has 0 amide bonds. The molecule has 0 saturated heterocycles. The van der Waals surface area contributed by atoms with E-state index in [1.807, 2.05) is 12.3 Å². The van der Waals surface area contributed by atoms with Crippen molar-refractivity contribution in [3.8, 4) is 0 Å². The third-order valence-corrected chi connectivity index (χ3v) is 3.76. The number of carbonyl (C=O) groups excluding carboxylic acids is 1. The molecular weight excluding hydrogens is 226 g/mol. The number of nitrogens with zero attached hydrogens (tertiary/aromatic N) is 1. The van der Waals surface area contributed by atoms with Gasteiger partial charge in [-0.1, -0.05) is 31.5 Å². The number of aromatic nitrogens is 1. The summed E-state index contributed by atoms with van der Waals surface area (Å²) in [5, 5.41) is 3.88. The average molecular weight is 247 g/mol. The molecule has 1 aliphatic carbocycles. The van der Waals surface area contributed by atoms with Crippen molar-refractivity contribution in [1.82, 2.24) is 5.16 Å². The highest BCUT2D eigenvalue weighted by molar-refractivity contribution is 5.91. The number of carbonyl (C=O) groups is 1. The third-order valence-electron chi connectivity index (χ3n) is 3.76. The Bertz CT molecular complexity index is 469. The fourth-order valence-electron chi connectivity index (χ4n) is 2.64. The van der Waals surface area contributed by atoms with Crippen LogP contribution in [0.4, 0.5) is 0 Å². The van der Waals surface area contributed by atoms with Crippen LogP contribution in [0.5, 0.6) is 0 Å². The topological polar surface area (TPSA) is 43.1 Å². The highest BCUT2D eigenvalue weighted by Gasteiger charge is 2.28. The summed E-state index contributed by atoms with van der Waals surface area (Å²) in [6.45, 7) is 6.47. The van der Waals surface area contributed by atoms with Crippen molar-refractivity contribution in [1.29, 1.82) is 0 Å². The highest BCUT2D eigenvalue weighted by Crippen LogP contribution is 2.36. The molecule has 0 aromatic carbocycles. The van der Waals surface area contributed by atoms with Crippen molar-refractivity contribution >= 4 is 5.78 Å². The van der Waals surface area contributed by atoms with Crippen LogP contribution in [-0.2, 0) is 17.6 Å². The molecule has 1 aliphatic rings. The summed E-state index contributed by atoms with van der Waals surface area (Å²) < 4.78 is 5.23. The Balaban J connectivity index is 2.19. The van der Waals surface area contributed by atoms with E-state index in [0.29, 0.717) is 6.42 Å². The maximum Gasteiger partial charge on any atom is 0.155 e. The molecule has 0 atom stereocenters. The second-order valence-electron chi connectivity index (χ2n) is 5.68. The minimum absolute atomic E-state index is 0.00551. The molecule has 0 fully saturated rings. The molecule has 2 rings (SSSR count). The van der Waals surface area contributed by atoms with Crippen LogP contribution in [-0.4, -0.2) is 10.9 Å². The lowest BCUT2D eigenvalue weighted by Crippen LogP contribution is -2.22. The molecule has 0 spiro atoms. The first kappa shape index (κ1) is 13.1. The zero-order valence-electron chi connectivity index (χ0n) is 11.5. The highest BCUT2D eigenvalue weighted by atomic mass is 16.5. The van der Waals surface area contributed by atoms with Crippen LogP contribution in [0.3, 0.4) is 0 Å². The molecule has 3 heteroatoms. The number of hydrogen-bond donors (Lipinski definition) is 0.